The Kier molecular flexibility index (Phi) is 3.29. The first-order chi connectivity index (χ1) is 9.83. The molecule has 0 aliphatic carbocycles. The third kappa shape index (κ3) is 2.59. The van der Waals surface area contributed by atoms with Crippen molar-refractivity contribution in [1.29, 1.82) is 0 Å². The molecule has 0 saturated heterocycles. The third-order valence-corrected chi connectivity index (χ3v) is 2.96. The summed E-state index contributed by atoms with van der Waals surface area (Å²) in [6.07, 6.45) is 5.01. The maximum absolute atomic E-state index is 11.9. The van der Waals surface area contributed by atoms with E-state index in [0.717, 1.165) is 16.9 Å². The van der Waals surface area contributed by atoms with Crippen LogP contribution in [-0.4, -0.2) is 9.97 Å². The molecule has 0 aliphatic rings. The summed E-state index contributed by atoms with van der Waals surface area (Å²) in [4.78, 5) is 18.6. The molecule has 0 amide bonds. The number of pyridine rings is 2. The summed E-state index contributed by atoms with van der Waals surface area (Å²) in [6.45, 7) is 0. The van der Waals surface area contributed by atoms with Crippen LogP contribution in [0.1, 0.15) is 0 Å². The fraction of sp³-hybridized carbons (Fsp3) is 0. The second kappa shape index (κ2) is 5.40. The van der Waals surface area contributed by atoms with Crippen molar-refractivity contribution in [2.45, 2.75) is 0 Å². The summed E-state index contributed by atoms with van der Waals surface area (Å²) in [5.74, 6) is 0. The fourth-order valence-electron chi connectivity index (χ4n) is 1.99. The fourth-order valence-corrected chi connectivity index (χ4v) is 1.99. The van der Waals surface area contributed by atoms with Crippen molar-refractivity contribution in [3.8, 4) is 11.1 Å². The molecular weight excluding hydrogens is 250 g/mol. The van der Waals surface area contributed by atoms with Crippen molar-refractivity contribution in [3.05, 3.63) is 77.5 Å². The summed E-state index contributed by atoms with van der Waals surface area (Å²) in [5.41, 5.74) is 3.16. The number of hydrogen-bond acceptors (Lipinski definition) is 3. The molecule has 3 rings (SSSR count). The Morgan fingerprint density at radius 2 is 1.70 bits per heavy atom. The van der Waals surface area contributed by atoms with Crippen LogP contribution in [-0.2, 0) is 0 Å². The van der Waals surface area contributed by atoms with Crippen LogP contribution < -0.4 is 10.9 Å². The highest BCUT2D eigenvalue weighted by atomic mass is 16.1. The lowest BCUT2D eigenvalue weighted by Crippen LogP contribution is -2.09. The largest absolute Gasteiger partial charge is 0.354 e. The molecule has 0 bridgehead atoms. The van der Waals surface area contributed by atoms with E-state index >= 15 is 0 Å². The molecule has 0 radical (unpaired) electrons. The number of rotatable bonds is 3. The molecule has 1 aromatic carbocycles. The van der Waals surface area contributed by atoms with E-state index in [-0.39, 0.29) is 5.56 Å². The summed E-state index contributed by atoms with van der Waals surface area (Å²) in [7, 11) is 0. The Hall–Kier alpha value is -2.88. The van der Waals surface area contributed by atoms with Gasteiger partial charge in [0.1, 0.15) is 0 Å². The first kappa shape index (κ1) is 12.2. The van der Waals surface area contributed by atoms with E-state index in [1.807, 2.05) is 48.5 Å². The Balaban J connectivity index is 1.97. The number of aromatic amines is 1. The van der Waals surface area contributed by atoms with Crippen molar-refractivity contribution in [2.24, 2.45) is 0 Å². The molecule has 2 aromatic heterocycles. The molecule has 0 unspecified atom stereocenters. The van der Waals surface area contributed by atoms with E-state index in [0.29, 0.717) is 5.56 Å². The molecule has 20 heavy (non-hydrogen) atoms. The maximum atomic E-state index is 11.9. The molecule has 0 fully saturated rings. The molecule has 0 atom stereocenters. The zero-order chi connectivity index (χ0) is 13.8. The van der Waals surface area contributed by atoms with E-state index in [1.165, 1.54) is 0 Å². The van der Waals surface area contributed by atoms with Crippen molar-refractivity contribution in [3.63, 3.8) is 0 Å². The van der Waals surface area contributed by atoms with Gasteiger partial charge < -0.3 is 10.3 Å². The standard InChI is InChI=1S/C16H13N3O/c20-16-15(12-6-8-17-9-7-12)10-14(11-18-16)19-13-4-2-1-3-5-13/h1-11,19H,(H,18,20). The number of aromatic nitrogens is 2. The number of H-pyrrole nitrogens is 1. The van der Waals surface area contributed by atoms with Crippen molar-refractivity contribution >= 4 is 11.4 Å². The molecule has 4 heteroatoms. The van der Waals surface area contributed by atoms with Crippen molar-refractivity contribution in [2.75, 3.05) is 5.32 Å². The van der Waals surface area contributed by atoms with Crippen LogP contribution in [0.2, 0.25) is 0 Å². The average Bonchev–Trinajstić information content (AvgIpc) is 2.51. The van der Waals surface area contributed by atoms with Gasteiger partial charge in [-0.25, -0.2) is 0 Å². The van der Waals surface area contributed by atoms with Gasteiger partial charge in [0.05, 0.1) is 5.69 Å². The monoisotopic (exact) mass is 263 g/mol. The topological polar surface area (TPSA) is 57.8 Å². The highest BCUT2D eigenvalue weighted by molar-refractivity contribution is 5.68. The molecule has 0 spiro atoms. The van der Waals surface area contributed by atoms with Crippen LogP contribution in [0.3, 0.4) is 0 Å². The van der Waals surface area contributed by atoms with Crippen LogP contribution >= 0.6 is 0 Å². The van der Waals surface area contributed by atoms with Crippen molar-refractivity contribution < 1.29 is 0 Å². The maximum Gasteiger partial charge on any atom is 0.255 e. The lowest BCUT2D eigenvalue weighted by Gasteiger charge is -2.07. The Morgan fingerprint density at radius 1 is 0.950 bits per heavy atom. The van der Waals surface area contributed by atoms with Crippen LogP contribution in [0.4, 0.5) is 11.4 Å². The van der Waals surface area contributed by atoms with Gasteiger partial charge in [0, 0.05) is 29.8 Å². The second-order valence-corrected chi connectivity index (χ2v) is 4.36. The van der Waals surface area contributed by atoms with E-state index in [1.54, 1.807) is 18.6 Å². The average molecular weight is 263 g/mol. The third-order valence-electron chi connectivity index (χ3n) is 2.96. The van der Waals surface area contributed by atoms with Gasteiger partial charge in [-0.1, -0.05) is 18.2 Å². The predicted octanol–water partition coefficient (Wildman–Crippen LogP) is 3.18. The van der Waals surface area contributed by atoms with Crippen LogP contribution in [0.5, 0.6) is 0 Å². The molecule has 3 aromatic rings. The summed E-state index contributed by atoms with van der Waals surface area (Å²) in [5, 5.41) is 3.26. The van der Waals surface area contributed by atoms with E-state index in [4.69, 9.17) is 0 Å². The summed E-state index contributed by atoms with van der Waals surface area (Å²) >= 11 is 0. The van der Waals surface area contributed by atoms with Gasteiger partial charge in [0.25, 0.3) is 5.56 Å². The van der Waals surface area contributed by atoms with E-state index < -0.39 is 0 Å². The zero-order valence-corrected chi connectivity index (χ0v) is 10.7. The first-order valence-corrected chi connectivity index (χ1v) is 6.28. The van der Waals surface area contributed by atoms with Crippen LogP contribution in [0.15, 0.2) is 71.9 Å². The summed E-state index contributed by atoms with van der Waals surface area (Å²) in [6, 6.07) is 15.3. The highest BCUT2D eigenvalue weighted by Crippen LogP contribution is 2.20. The van der Waals surface area contributed by atoms with Gasteiger partial charge in [0.15, 0.2) is 0 Å². The van der Waals surface area contributed by atoms with Crippen LogP contribution in [0, 0.1) is 0 Å². The number of benzene rings is 1. The normalized spacial score (nSPS) is 10.2. The van der Waals surface area contributed by atoms with E-state index in [2.05, 4.69) is 15.3 Å². The molecule has 0 saturated carbocycles. The molecular formula is C16H13N3O. The SMILES string of the molecule is O=c1[nH]cc(Nc2ccccc2)cc1-c1ccncc1. The first-order valence-electron chi connectivity index (χ1n) is 6.28. The number of hydrogen-bond donors (Lipinski definition) is 2. The minimum atomic E-state index is -0.116. The number of para-hydroxylation sites is 1. The van der Waals surface area contributed by atoms with Gasteiger partial charge >= 0.3 is 0 Å². The van der Waals surface area contributed by atoms with Gasteiger partial charge in [-0.15, -0.1) is 0 Å². The summed E-state index contributed by atoms with van der Waals surface area (Å²) < 4.78 is 0. The lowest BCUT2D eigenvalue weighted by atomic mass is 10.1. The molecule has 0 aliphatic heterocycles. The predicted molar refractivity (Wildman–Crippen MR) is 80.0 cm³/mol. The Bertz CT molecular complexity index is 751. The number of anilines is 2. The van der Waals surface area contributed by atoms with Gasteiger partial charge in [-0.3, -0.25) is 9.78 Å². The second-order valence-electron chi connectivity index (χ2n) is 4.36. The number of nitrogens with zero attached hydrogens (tertiary/aromatic N) is 1. The zero-order valence-electron chi connectivity index (χ0n) is 10.7. The molecule has 2 N–H and O–H groups in total. The van der Waals surface area contributed by atoms with Gasteiger partial charge in [-0.05, 0) is 35.9 Å². The Morgan fingerprint density at radius 3 is 2.45 bits per heavy atom. The van der Waals surface area contributed by atoms with Crippen LogP contribution in [0.25, 0.3) is 11.1 Å². The van der Waals surface area contributed by atoms with Crippen molar-refractivity contribution in [1.82, 2.24) is 9.97 Å². The van der Waals surface area contributed by atoms with Gasteiger partial charge in [0.2, 0.25) is 0 Å². The lowest BCUT2D eigenvalue weighted by molar-refractivity contribution is 1.23. The Labute approximate surface area is 116 Å². The smallest absolute Gasteiger partial charge is 0.255 e. The molecule has 4 nitrogen and oxygen atoms in total. The number of nitrogens with one attached hydrogen (secondary N) is 2. The molecule has 98 valence electrons. The van der Waals surface area contributed by atoms with Gasteiger partial charge in [-0.2, -0.15) is 0 Å². The minimum absolute atomic E-state index is 0.116. The molecule has 2 heterocycles. The quantitative estimate of drug-likeness (QED) is 0.763. The highest BCUT2D eigenvalue weighted by Gasteiger charge is 2.04. The minimum Gasteiger partial charge on any atom is -0.354 e. The van der Waals surface area contributed by atoms with E-state index in [9.17, 15) is 4.79 Å².